The van der Waals surface area contributed by atoms with E-state index in [2.05, 4.69) is 0 Å². The van der Waals surface area contributed by atoms with Crippen LogP contribution >= 0.6 is 0 Å². The second-order valence-corrected chi connectivity index (χ2v) is 5.62. The van der Waals surface area contributed by atoms with Crippen LogP contribution < -0.4 is 0 Å². The lowest BCUT2D eigenvalue weighted by Crippen LogP contribution is -2.59. The van der Waals surface area contributed by atoms with E-state index in [1.807, 2.05) is 0 Å². The minimum Gasteiger partial charge on any atom is -0.508 e. The minimum atomic E-state index is -1.55. The molecule has 1 aliphatic rings. The molecule has 0 spiro atoms. The molecular formula is C17H20O8. The molecule has 0 unspecified atom stereocenters. The Kier molecular flexibility index (Phi) is 6.13. The van der Waals surface area contributed by atoms with E-state index in [-0.39, 0.29) is 5.75 Å². The summed E-state index contributed by atoms with van der Waals surface area (Å²) >= 11 is 0. The SMILES string of the molecule is CC(=O)O[C@@H]1[C@@H](O)[C@@H](OC(=O)C=Cc2ccc(O)cc2)[C@H](O)O[C@H]1C. The van der Waals surface area contributed by atoms with Gasteiger partial charge < -0.3 is 29.5 Å². The van der Waals surface area contributed by atoms with Gasteiger partial charge in [0.15, 0.2) is 18.5 Å². The van der Waals surface area contributed by atoms with Crippen LogP contribution in [-0.2, 0) is 23.8 Å². The van der Waals surface area contributed by atoms with Gasteiger partial charge in [0.1, 0.15) is 11.9 Å². The molecule has 1 aromatic rings. The smallest absolute Gasteiger partial charge is 0.331 e. The van der Waals surface area contributed by atoms with Crippen LogP contribution in [0.2, 0.25) is 0 Å². The van der Waals surface area contributed by atoms with Crippen molar-refractivity contribution in [2.75, 3.05) is 0 Å². The summed E-state index contributed by atoms with van der Waals surface area (Å²) in [4.78, 5) is 23.0. The number of aromatic hydroxyl groups is 1. The maximum atomic E-state index is 11.9. The Morgan fingerprint density at radius 1 is 1.12 bits per heavy atom. The predicted molar refractivity (Wildman–Crippen MR) is 85.1 cm³/mol. The predicted octanol–water partition coefficient (Wildman–Crippen LogP) is 0.347. The first-order chi connectivity index (χ1) is 11.8. The van der Waals surface area contributed by atoms with E-state index in [0.29, 0.717) is 5.56 Å². The fourth-order valence-electron chi connectivity index (χ4n) is 2.42. The number of hydrogen-bond donors (Lipinski definition) is 3. The topological polar surface area (TPSA) is 123 Å². The molecule has 0 aromatic heterocycles. The van der Waals surface area contributed by atoms with Gasteiger partial charge in [0.25, 0.3) is 0 Å². The fraction of sp³-hybridized carbons (Fsp3) is 0.412. The molecule has 0 aliphatic carbocycles. The number of benzene rings is 1. The van der Waals surface area contributed by atoms with Crippen LogP contribution in [0.5, 0.6) is 5.75 Å². The van der Waals surface area contributed by atoms with Crippen molar-refractivity contribution >= 4 is 18.0 Å². The highest BCUT2D eigenvalue weighted by molar-refractivity contribution is 5.87. The molecule has 0 saturated carbocycles. The highest BCUT2D eigenvalue weighted by Crippen LogP contribution is 2.25. The highest BCUT2D eigenvalue weighted by Gasteiger charge is 2.46. The number of hydrogen-bond acceptors (Lipinski definition) is 8. The third-order valence-electron chi connectivity index (χ3n) is 3.63. The quantitative estimate of drug-likeness (QED) is 0.524. The number of carbonyl (C=O) groups is 2. The van der Waals surface area contributed by atoms with E-state index < -0.39 is 42.6 Å². The Hall–Kier alpha value is -2.42. The molecule has 0 radical (unpaired) electrons. The summed E-state index contributed by atoms with van der Waals surface area (Å²) < 4.78 is 15.1. The molecule has 1 heterocycles. The zero-order chi connectivity index (χ0) is 18.6. The molecule has 0 bridgehead atoms. The maximum absolute atomic E-state index is 11.9. The number of carbonyl (C=O) groups excluding carboxylic acids is 2. The number of aliphatic hydroxyl groups is 2. The van der Waals surface area contributed by atoms with Crippen LogP contribution in [0.15, 0.2) is 30.3 Å². The van der Waals surface area contributed by atoms with Crippen molar-refractivity contribution in [2.45, 2.75) is 44.6 Å². The Morgan fingerprint density at radius 2 is 1.76 bits per heavy atom. The molecule has 1 aliphatic heterocycles. The second-order valence-electron chi connectivity index (χ2n) is 5.62. The van der Waals surface area contributed by atoms with Gasteiger partial charge in [-0.25, -0.2) is 4.79 Å². The zero-order valence-electron chi connectivity index (χ0n) is 13.7. The summed E-state index contributed by atoms with van der Waals surface area (Å²) in [5.41, 5.74) is 0.641. The van der Waals surface area contributed by atoms with Crippen molar-refractivity contribution in [3.8, 4) is 5.75 Å². The van der Waals surface area contributed by atoms with Crippen molar-refractivity contribution in [3.05, 3.63) is 35.9 Å². The van der Waals surface area contributed by atoms with E-state index in [9.17, 15) is 24.9 Å². The van der Waals surface area contributed by atoms with E-state index in [4.69, 9.17) is 14.2 Å². The van der Waals surface area contributed by atoms with Gasteiger partial charge in [0.2, 0.25) is 0 Å². The number of esters is 2. The van der Waals surface area contributed by atoms with Crippen molar-refractivity contribution in [1.82, 2.24) is 0 Å². The third kappa shape index (κ3) is 5.02. The van der Waals surface area contributed by atoms with Gasteiger partial charge in [0, 0.05) is 13.0 Å². The highest BCUT2D eigenvalue weighted by atomic mass is 16.7. The first kappa shape index (κ1) is 18.9. The summed E-state index contributed by atoms with van der Waals surface area (Å²) in [6.07, 6.45) is -3.69. The van der Waals surface area contributed by atoms with Crippen molar-refractivity contribution in [2.24, 2.45) is 0 Å². The maximum Gasteiger partial charge on any atom is 0.331 e. The van der Waals surface area contributed by atoms with Crippen molar-refractivity contribution in [3.63, 3.8) is 0 Å². The normalized spacial score (nSPS) is 29.4. The van der Waals surface area contributed by atoms with Crippen LogP contribution in [0.4, 0.5) is 0 Å². The van der Waals surface area contributed by atoms with Crippen LogP contribution in [0.1, 0.15) is 19.4 Å². The number of aliphatic hydroxyl groups excluding tert-OH is 2. The Morgan fingerprint density at radius 3 is 2.36 bits per heavy atom. The van der Waals surface area contributed by atoms with Gasteiger partial charge in [-0.3, -0.25) is 4.79 Å². The number of ether oxygens (including phenoxy) is 3. The summed E-state index contributed by atoms with van der Waals surface area (Å²) in [7, 11) is 0. The molecule has 1 saturated heterocycles. The van der Waals surface area contributed by atoms with Gasteiger partial charge >= 0.3 is 11.9 Å². The van der Waals surface area contributed by atoms with Gasteiger partial charge in [-0.05, 0) is 30.7 Å². The van der Waals surface area contributed by atoms with Crippen LogP contribution in [-0.4, -0.2) is 58.0 Å². The molecular weight excluding hydrogens is 332 g/mol. The minimum absolute atomic E-state index is 0.0935. The van der Waals surface area contributed by atoms with Gasteiger partial charge in [-0.1, -0.05) is 12.1 Å². The lowest BCUT2D eigenvalue weighted by molar-refractivity contribution is -0.284. The van der Waals surface area contributed by atoms with Gasteiger partial charge in [-0.15, -0.1) is 0 Å². The van der Waals surface area contributed by atoms with Crippen LogP contribution in [0.25, 0.3) is 6.08 Å². The standard InChI is InChI=1S/C17H20O8/c1-9-15(24-10(2)18)14(21)16(17(22)23-9)25-13(20)8-5-11-3-6-12(19)7-4-11/h3-9,14-17,19,21-22H,1-2H3/t9-,14+,15-,16+,17+/m0/s1. The van der Waals surface area contributed by atoms with E-state index in [0.717, 1.165) is 6.08 Å². The molecule has 1 aromatic carbocycles. The largest absolute Gasteiger partial charge is 0.508 e. The molecule has 0 amide bonds. The Bertz CT molecular complexity index is 639. The van der Waals surface area contributed by atoms with Gasteiger partial charge in [-0.2, -0.15) is 0 Å². The third-order valence-corrected chi connectivity index (χ3v) is 3.63. The van der Waals surface area contributed by atoms with Crippen LogP contribution in [0, 0.1) is 0 Å². The molecule has 8 heteroatoms. The molecule has 2 rings (SSSR count). The van der Waals surface area contributed by atoms with Crippen molar-refractivity contribution < 1.29 is 39.1 Å². The van der Waals surface area contributed by atoms with E-state index in [1.165, 1.54) is 32.1 Å². The monoisotopic (exact) mass is 352 g/mol. The molecule has 136 valence electrons. The summed E-state index contributed by atoms with van der Waals surface area (Å²) in [5, 5.41) is 29.3. The average molecular weight is 352 g/mol. The zero-order valence-corrected chi connectivity index (χ0v) is 13.7. The number of phenols is 1. The lowest BCUT2D eigenvalue weighted by atomic mass is 9.99. The first-order valence-corrected chi connectivity index (χ1v) is 7.64. The lowest BCUT2D eigenvalue weighted by Gasteiger charge is -2.40. The van der Waals surface area contributed by atoms with Crippen molar-refractivity contribution in [1.29, 1.82) is 0 Å². The summed E-state index contributed by atoms with van der Waals surface area (Å²) in [5.74, 6) is -1.36. The van der Waals surface area contributed by atoms with E-state index in [1.54, 1.807) is 12.1 Å². The molecule has 3 N–H and O–H groups in total. The molecule has 8 nitrogen and oxygen atoms in total. The number of rotatable bonds is 4. The summed E-state index contributed by atoms with van der Waals surface area (Å²) in [6, 6.07) is 6.09. The second kappa shape index (κ2) is 8.11. The average Bonchev–Trinajstić information content (AvgIpc) is 2.54. The fourth-order valence-corrected chi connectivity index (χ4v) is 2.42. The molecule has 5 atom stereocenters. The molecule has 1 fully saturated rings. The molecule has 25 heavy (non-hydrogen) atoms. The Labute approximate surface area is 144 Å². The van der Waals surface area contributed by atoms with Crippen LogP contribution in [0.3, 0.4) is 0 Å². The number of phenolic OH excluding ortho intramolecular Hbond substituents is 1. The van der Waals surface area contributed by atoms with E-state index >= 15 is 0 Å². The summed E-state index contributed by atoms with van der Waals surface area (Å²) in [6.45, 7) is 2.69. The van der Waals surface area contributed by atoms with Gasteiger partial charge in [0.05, 0.1) is 6.10 Å². The first-order valence-electron chi connectivity index (χ1n) is 7.64. The Balaban J connectivity index is 2.02.